The van der Waals surface area contributed by atoms with Crippen LogP contribution in [-0.2, 0) is 12.8 Å². The molecule has 0 atom stereocenters. The van der Waals surface area contributed by atoms with Crippen LogP contribution in [0.5, 0.6) is 17.2 Å². The fourth-order valence-electron chi connectivity index (χ4n) is 3.84. The lowest BCUT2D eigenvalue weighted by atomic mass is 9.92. The van der Waals surface area contributed by atoms with Crippen molar-refractivity contribution in [2.24, 2.45) is 0 Å². The zero-order valence-electron chi connectivity index (χ0n) is 16.6. The molecular weight excluding hydrogens is 336 g/mol. The number of aryl methyl sites for hydroxylation is 1. The van der Waals surface area contributed by atoms with Crippen LogP contribution in [0.3, 0.4) is 0 Å². The summed E-state index contributed by atoms with van der Waals surface area (Å²) in [7, 11) is 0. The molecule has 4 rings (SSSR count). The lowest BCUT2D eigenvalue weighted by Crippen LogP contribution is -2.32. The first-order valence-electron chi connectivity index (χ1n) is 9.76. The van der Waals surface area contributed by atoms with Gasteiger partial charge in [-0.15, -0.1) is 0 Å². The Balaban J connectivity index is 1.58. The summed E-state index contributed by atoms with van der Waals surface area (Å²) >= 11 is 0. The molecule has 0 bridgehead atoms. The SMILES string of the molecule is CC1(C)CCc2cc(/C=C/c3cc(O)c4c(c3)OC(C)(C)CC4)ccc2O1. The van der Waals surface area contributed by atoms with E-state index in [0.717, 1.165) is 53.9 Å². The Morgan fingerprint density at radius 2 is 1.48 bits per heavy atom. The summed E-state index contributed by atoms with van der Waals surface area (Å²) in [6.45, 7) is 8.45. The average Bonchev–Trinajstić information content (AvgIpc) is 2.58. The van der Waals surface area contributed by atoms with Crippen molar-refractivity contribution in [2.75, 3.05) is 0 Å². The average molecular weight is 364 g/mol. The molecule has 3 nitrogen and oxygen atoms in total. The Morgan fingerprint density at radius 1 is 0.815 bits per heavy atom. The van der Waals surface area contributed by atoms with Gasteiger partial charge in [-0.05, 0) is 94.3 Å². The summed E-state index contributed by atoms with van der Waals surface area (Å²) in [4.78, 5) is 0. The maximum Gasteiger partial charge on any atom is 0.127 e. The Hall–Kier alpha value is -2.42. The molecule has 0 fully saturated rings. The maximum absolute atomic E-state index is 10.4. The van der Waals surface area contributed by atoms with Gasteiger partial charge in [0.05, 0.1) is 0 Å². The van der Waals surface area contributed by atoms with Gasteiger partial charge in [-0.3, -0.25) is 0 Å². The van der Waals surface area contributed by atoms with E-state index in [9.17, 15) is 5.11 Å². The van der Waals surface area contributed by atoms with Gasteiger partial charge in [-0.2, -0.15) is 0 Å². The molecule has 2 aromatic carbocycles. The maximum atomic E-state index is 10.4. The van der Waals surface area contributed by atoms with E-state index in [2.05, 4.69) is 52.0 Å². The minimum Gasteiger partial charge on any atom is -0.508 e. The van der Waals surface area contributed by atoms with Crippen molar-refractivity contribution in [1.82, 2.24) is 0 Å². The fraction of sp³-hybridized carbons (Fsp3) is 0.417. The van der Waals surface area contributed by atoms with Crippen molar-refractivity contribution in [2.45, 2.75) is 64.6 Å². The Morgan fingerprint density at radius 3 is 2.26 bits per heavy atom. The molecule has 27 heavy (non-hydrogen) atoms. The molecule has 142 valence electrons. The van der Waals surface area contributed by atoms with Gasteiger partial charge in [-0.1, -0.05) is 18.2 Å². The van der Waals surface area contributed by atoms with E-state index >= 15 is 0 Å². The molecule has 2 heterocycles. The number of aromatic hydroxyl groups is 1. The lowest BCUT2D eigenvalue weighted by molar-refractivity contribution is 0.0835. The summed E-state index contributed by atoms with van der Waals surface area (Å²) in [5.74, 6) is 2.11. The third kappa shape index (κ3) is 3.83. The second-order valence-corrected chi connectivity index (χ2v) is 8.94. The van der Waals surface area contributed by atoms with Gasteiger partial charge in [0.15, 0.2) is 0 Å². The van der Waals surface area contributed by atoms with E-state index in [4.69, 9.17) is 9.47 Å². The number of phenolic OH excluding ortho intramolecular Hbond substituents is 1. The number of hydrogen-bond donors (Lipinski definition) is 1. The van der Waals surface area contributed by atoms with Crippen LogP contribution in [0, 0.1) is 0 Å². The van der Waals surface area contributed by atoms with Gasteiger partial charge in [0.25, 0.3) is 0 Å². The second-order valence-electron chi connectivity index (χ2n) is 8.94. The molecule has 0 saturated heterocycles. The number of phenols is 1. The number of ether oxygens (including phenoxy) is 2. The molecule has 0 unspecified atom stereocenters. The first-order valence-corrected chi connectivity index (χ1v) is 9.76. The molecule has 1 N–H and O–H groups in total. The third-order valence-electron chi connectivity index (χ3n) is 5.51. The normalized spacial score (nSPS) is 19.7. The Bertz CT molecular complexity index is 906. The summed E-state index contributed by atoms with van der Waals surface area (Å²) in [6.07, 6.45) is 7.93. The topological polar surface area (TPSA) is 38.7 Å². The highest BCUT2D eigenvalue weighted by atomic mass is 16.5. The highest BCUT2D eigenvalue weighted by Gasteiger charge is 2.28. The van der Waals surface area contributed by atoms with E-state index in [1.807, 2.05) is 18.2 Å². The Kier molecular flexibility index (Phi) is 4.21. The molecule has 0 aliphatic carbocycles. The highest BCUT2D eigenvalue weighted by Crippen LogP contribution is 2.39. The van der Waals surface area contributed by atoms with Crippen molar-refractivity contribution in [3.63, 3.8) is 0 Å². The third-order valence-corrected chi connectivity index (χ3v) is 5.51. The Labute approximate surface area is 161 Å². The van der Waals surface area contributed by atoms with Crippen LogP contribution in [0.2, 0.25) is 0 Å². The van der Waals surface area contributed by atoms with Crippen molar-refractivity contribution >= 4 is 12.2 Å². The van der Waals surface area contributed by atoms with Crippen molar-refractivity contribution in [1.29, 1.82) is 0 Å². The van der Waals surface area contributed by atoms with Gasteiger partial charge >= 0.3 is 0 Å². The molecule has 0 saturated carbocycles. The predicted molar refractivity (Wildman–Crippen MR) is 110 cm³/mol. The van der Waals surface area contributed by atoms with E-state index in [0.29, 0.717) is 5.75 Å². The number of benzene rings is 2. The highest BCUT2D eigenvalue weighted by molar-refractivity contribution is 5.72. The summed E-state index contributed by atoms with van der Waals surface area (Å²) in [5.41, 5.74) is 3.98. The van der Waals surface area contributed by atoms with Crippen LogP contribution < -0.4 is 9.47 Å². The number of fused-ring (bicyclic) bond motifs is 2. The van der Waals surface area contributed by atoms with E-state index < -0.39 is 0 Å². The van der Waals surface area contributed by atoms with Crippen molar-refractivity contribution in [3.05, 3.63) is 52.6 Å². The van der Waals surface area contributed by atoms with Crippen LogP contribution in [0.4, 0.5) is 0 Å². The van der Waals surface area contributed by atoms with Crippen LogP contribution in [0.1, 0.15) is 62.8 Å². The fourth-order valence-corrected chi connectivity index (χ4v) is 3.84. The zero-order valence-corrected chi connectivity index (χ0v) is 16.6. The molecule has 3 heteroatoms. The van der Waals surface area contributed by atoms with Gasteiger partial charge in [0, 0.05) is 5.56 Å². The van der Waals surface area contributed by atoms with Crippen molar-refractivity contribution in [3.8, 4) is 17.2 Å². The predicted octanol–water partition coefficient (Wildman–Crippen LogP) is 5.77. The minimum atomic E-state index is -0.186. The molecule has 2 aliphatic heterocycles. The molecule has 0 radical (unpaired) electrons. The molecule has 0 amide bonds. The van der Waals surface area contributed by atoms with E-state index in [1.54, 1.807) is 0 Å². The van der Waals surface area contributed by atoms with Crippen LogP contribution in [0.15, 0.2) is 30.3 Å². The number of hydrogen-bond acceptors (Lipinski definition) is 3. The van der Waals surface area contributed by atoms with Crippen LogP contribution in [0.25, 0.3) is 12.2 Å². The smallest absolute Gasteiger partial charge is 0.127 e. The summed E-state index contributed by atoms with van der Waals surface area (Å²) in [5, 5.41) is 10.4. The van der Waals surface area contributed by atoms with Gasteiger partial charge in [0.1, 0.15) is 28.5 Å². The zero-order chi connectivity index (χ0) is 19.2. The van der Waals surface area contributed by atoms with E-state index in [1.165, 1.54) is 5.56 Å². The molecular formula is C24H28O3. The quantitative estimate of drug-likeness (QED) is 0.688. The van der Waals surface area contributed by atoms with E-state index in [-0.39, 0.29) is 11.2 Å². The second kappa shape index (κ2) is 6.33. The molecule has 2 aromatic rings. The first-order chi connectivity index (χ1) is 12.7. The van der Waals surface area contributed by atoms with Crippen molar-refractivity contribution < 1.29 is 14.6 Å². The summed E-state index contributed by atoms with van der Waals surface area (Å²) in [6, 6.07) is 10.2. The van der Waals surface area contributed by atoms with Gasteiger partial charge < -0.3 is 14.6 Å². The monoisotopic (exact) mass is 364 g/mol. The summed E-state index contributed by atoms with van der Waals surface area (Å²) < 4.78 is 12.1. The van der Waals surface area contributed by atoms with Crippen LogP contribution in [-0.4, -0.2) is 16.3 Å². The van der Waals surface area contributed by atoms with Gasteiger partial charge in [-0.25, -0.2) is 0 Å². The lowest BCUT2D eigenvalue weighted by Gasteiger charge is -2.33. The molecule has 0 aromatic heterocycles. The molecule has 0 spiro atoms. The number of rotatable bonds is 2. The minimum absolute atomic E-state index is 0.0845. The largest absolute Gasteiger partial charge is 0.508 e. The van der Waals surface area contributed by atoms with Crippen LogP contribution >= 0.6 is 0 Å². The van der Waals surface area contributed by atoms with Gasteiger partial charge in [0.2, 0.25) is 0 Å². The molecule has 2 aliphatic rings. The standard InChI is InChI=1S/C24H28O3/c1-23(2)11-9-18-13-16(7-8-21(18)26-23)5-6-17-14-20(25)19-10-12-24(3,4)27-22(19)15-17/h5-8,13-15,25H,9-12H2,1-4H3/b6-5+. The first kappa shape index (κ1) is 18.0.